The van der Waals surface area contributed by atoms with E-state index in [0.29, 0.717) is 11.0 Å². The monoisotopic (exact) mass is 376 g/mol. The standard InChI is InChI=1S/C13H14BrClN2O4/c1-2-5-16-13(20)17-11(18)7-21-12(19)9-6-8(14)3-4-10(9)15/h3-4,6H,2,5,7H2,1H3,(H2,16,17,18,20). The smallest absolute Gasteiger partial charge is 0.340 e. The van der Waals surface area contributed by atoms with E-state index in [9.17, 15) is 14.4 Å². The van der Waals surface area contributed by atoms with E-state index >= 15 is 0 Å². The maximum Gasteiger partial charge on any atom is 0.340 e. The van der Waals surface area contributed by atoms with Gasteiger partial charge in [-0.1, -0.05) is 34.5 Å². The average Bonchev–Trinajstić information content (AvgIpc) is 2.45. The number of carbonyl (C=O) groups is 3. The fourth-order valence-corrected chi connectivity index (χ4v) is 1.86. The highest BCUT2D eigenvalue weighted by atomic mass is 79.9. The van der Waals surface area contributed by atoms with E-state index in [1.54, 1.807) is 6.07 Å². The number of halogens is 2. The van der Waals surface area contributed by atoms with Gasteiger partial charge in [-0.25, -0.2) is 9.59 Å². The second kappa shape index (κ2) is 8.63. The Morgan fingerprint density at radius 1 is 1.33 bits per heavy atom. The number of nitrogens with one attached hydrogen (secondary N) is 2. The molecule has 2 N–H and O–H groups in total. The molecule has 0 saturated carbocycles. The molecule has 1 aromatic carbocycles. The van der Waals surface area contributed by atoms with E-state index in [1.165, 1.54) is 12.1 Å². The predicted octanol–water partition coefficient (Wildman–Crippen LogP) is 2.50. The molecule has 6 nitrogen and oxygen atoms in total. The van der Waals surface area contributed by atoms with Crippen LogP contribution in [0.3, 0.4) is 0 Å². The second-order valence-corrected chi connectivity index (χ2v) is 5.33. The number of rotatable bonds is 5. The number of carbonyl (C=O) groups excluding carboxylic acids is 3. The van der Waals surface area contributed by atoms with Crippen molar-refractivity contribution in [3.05, 3.63) is 33.3 Å². The van der Waals surface area contributed by atoms with Gasteiger partial charge in [-0.3, -0.25) is 10.1 Å². The second-order valence-electron chi connectivity index (χ2n) is 4.00. The molecule has 21 heavy (non-hydrogen) atoms. The molecule has 0 bridgehead atoms. The molecule has 0 atom stereocenters. The lowest BCUT2D eigenvalue weighted by Crippen LogP contribution is -2.41. The molecule has 8 heteroatoms. The minimum absolute atomic E-state index is 0.134. The molecule has 0 spiro atoms. The van der Waals surface area contributed by atoms with E-state index in [1.807, 2.05) is 12.2 Å². The van der Waals surface area contributed by atoms with E-state index in [4.69, 9.17) is 16.3 Å². The van der Waals surface area contributed by atoms with Crippen LogP contribution in [0.2, 0.25) is 5.02 Å². The highest BCUT2D eigenvalue weighted by molar-refractivity contribution is 9.10. The maximum absolute atomic E-state index is 11.8. The Morgan fingerprint density at radius 3 is 2.71 bits per heavy atom. The Labute approximate surface area is 135 Å². The van der Waals surface area contributed by atoms with Gasteiger partial charge < -0.3 is 10.1 Å². The number of hydrogen-bond donors (Lipinski definition) is 2. The number of hydrogen-bond acceptors (Lipinski definition) is 4. The van der Waals surface area contributed by atoms with Crippen molar-refractivity contribution in [1.29, 1.82) is 0 Å². The van der Waals surface area contributed by atoms with E-state index in [0.717, 1.165) is 6.42 Å². The topological polar surface area (TPSA) is 84.5 Å². The number of imide groups is 1. The van der Waals surface area contributed by atoms with Crippen LogP contribution in [0.5, 0.6) is 0 Å². The summed E-state index contributed by atoms with van der Waals surface area (Å²) < 4.78 is 5.45. The summed E-state index contributed by atoms with van der Waals surface area (Å²) >= 11 is 9.06. The summed E-state index contributed by atoms with van der Waals surface area (Å²) in [5, 5.41) is 4.71. The van der Waals surface area contributed by atoms with Crippen LogP contribution in [0.1, 0.15) is 23.7 Å². The molecular formula is C13H14BrClN2O4. The van der Waals surface area contributed by atoms with Crippen molar-refractivity contribution >= 4 is 45.4 Å². The molecule has 0 aliphatic rings. The van der Waals surface area contributed by atoms with Crippen molar-refractivity contribution in [1.82, 2.24) is 10.6 Å². The first-order chi connectivity index (χ1) is 9.93. The molecule has 1 rings (SSSR count). The van der Waals surface area contributed by atoms with Crippen molar-refractivity contribution in [2.24, 2.45) is 0 Å². The van der Waals surface area contributed by atoms with Crippen molar-refractivity contribution < 1.29 is 19.1 Å². The van der Waals surface area contributed by atoms with Gasteiger partial charge in [-0.15, -0.1) is 0 Å². The summed E-state index contributed by atoms with van der Waals surface area (Å²) in [4.78, 5) is 34.4. The first kappa shape index (κ1) is 17.5. The maximum atomic E-state index is 11.8. The van der Waals surface area contributed by atoms with Gasteiger partial charge in [0.25, 0.3) is 5.91 Å². The summed E-state index contributed by atoms with van der Waals surface area (Å²) in [7, 11) is 0. The third kappa shape index (κ3) is 6.14. The van der Waals surface area contributed by atoms with Gasteiger partial charge in [0, 0.05) is 11.0 Å². The normalized spacial score (nSPS) is 9.86. The van der Waals surface area contributed by atoms with Crippen molar-refractivity contribution in [3.8, 4) is 0 Å². The molecule has 3 amide bonds. The molecule has 0 unspecified atom stereocenters. The van der Waals surface area contributed by atoms with Gasteiger partial charge >= 0.3 is 12.0 Å². The largest absolute Gasteiger partial charge is 0.452 e. The van der Waals surface area contributed by atoms with Gasteiger partial charge in [0.05, 0.1) is 10.6 Å². The zero-order valence-electron chi connectivity index (χ0n) is 11.2. The van der Waals surface area contributed by atoms with Crippen LogP contribution in [0, 0.1) is 0 Å². The van der Waals surface area contributed by atoms with Crippen LogP contribution < -0.4 is 10.6 Å². The zero-order chi connectivity index (χ0) is 15.8. The lowest BCUT2D eigenvalue weighted by molar-refractivity contribution is -0.123. The minimum Gasteiger partial charge on any atom is -0.452 e. The third-order valence-corrected chi connectivity index (χ3v) is 3.09. The first-order valence-electron chi connectivity index (χ1n) is 6.14. The van der Waals surface area contributed by atoms with E-state index in [2.05, 4.69) is 21.2 Å². The van der Waals surface area contributed by atoms with Crippen molar-refractivity contribution in [2.75, 3.05) is 13.2 Å². The third-order valence-electron chi connectivity index (χ3n) is 2.27. The van der Waals surface area contributed by atoms with Crippen LogP contribution in [-0.2, 0) is 9.53 Å². The van der Waals surface area contributed by atoms with Gasteiger partial charge in [0.15, 0.2) is 6.61 Å². The molecule has 0 heterocycles. The minimum atomic E-state index is -0.745. The quantitative estimate of drug-likeness (QED) is 0.772. The molecule has 0 fully saturated rings. The molecule has 0 aliphatic carbocycles. The number of esters is 1. The Bertz CT molecular complexity index is 551. The first-order valence-corrected chi connectivity index (χ1v) is 7.31. The molecule has 0 radical (unpaired) electrons. The summed E-state index contributed by atoms with van der Waals surface area (Å²) in [5.74, 6) is -1.46. The Balaban J connectivity index is 2.47. The molecule has 1 aromatic rings. The number of ether oxygens (including phenoxy) is 1. The number of amides is 3. The Kier molecular flexibility index (Phi) is 7.18. The molecule has 114 valence electrons. The Hall–Kier alpha value is -1.60. The lowest BCUT2D eigenvalue weighted by atomic mass is 10.2. The fraction of sp³-hybridized carbons (Fsp3) is 0.308. The van der Waals surface area contributed by atoms with E-state index in [-0.39, 0.29) is 10.6 Å². The number of urea groups is 1. The average molecular weight is 378 g/mol. The van der Waals surface area contributed by atoms with Crippen LogP contribution in [0.4, 0.5) is 4.79 Å². The van der Waals surface area contributed by atoms with Crippen LogP contribution in [0.25, 0.3) is 0 Å². The molecular weight excluding hydrogens is 364 g/mol. The predicted molar refractivity (Wildman–Crippen MR) is 81.3 cm³/mol. The molecule has 0 saturated heterocycles. The van der Waals surface area contributed by atoms with E-state index < -0.39 is 24.5 Å². The van der Waals surface area contributed by atoms with Crippen LogP contribution >= 0.6 is 27.5 Å². The summed E-state index contributed by atoms with van der Waals surface area (Å²) in [6.45, 7) is 1.76. The van der Waals surface area contributed by atoms with Crippen LogP contribution in [0.15, 0.2) is 22.7 Å². The SMILES string of the molecule is CCCNC(=O)NC(=O)COC(=O)c1cc(Br)ccc1Cl. The van der Waals surface area contributed by atoms with Crippen molar-refractivity contribution in [2.45, 2.75) is 13.3 Å². The van der Waals surface area contributed by atoms with Gasteiger partial charge in [0.2, 0.25) is 0 Å². The summed E-state index contributed by atoms with van der Waals surface area (Å²) in [6.07, 6.45) is 0.748. The zero-order valence-corrected chi connectivity index (χ0v) is 13.6. The molecule has 0 aromatic heterocycles. The van der Waals surface area contributed by atoms with Gasteiger partial charge in [-0.2, -0.15) is 0 Å². The van der Waals surface area contributed by atoms with Crippen LogP contribution in [-0.4, -0.2) is 31.1 Å². The lowest BCUT2D eigenvalue weighted by Gasteiger charge is -2.07. The van der Waals surface area contributed by atoms with Gasteiger partial charge in [0.1, 0.15) is 0 Å². The summed E-state index contributed by atoms with van der Waals surface area (Å²) in [6, 6.07) is 4.05. The Morgan fingerprint density at radius 2 is 2.05 bits per heavy atom. The van der Waals surface area contributed by atoms with Crippen molar-refractivity contribution in [3.63, 3.8) is 0 Å². The number of benzene rings is 1. The molecule has 0 aliphatic heterocycles. The fourth-order valence-electron chi connectivity index (χ4n) is 1.31. The highest BCUT2D eigenvalue weighted by Gasteiger charge is 2.15. The summed E-state index contributed by atoms with van der Waals surface area (Å²) in [5.41, 5.74) is 0.134. The highest BCUT2D eigenvalue weighted by Crippen LogP contribution is 2.21. The van der Waals surface area contributed by atoms with Gasteiger partial charge in [-0.05, 0) is 24.6 Å².